The molecule has 1 aromatic heterocycles. The van der Waals surface area contributed by atoms with Crippen molar-refractivity contribution in [3.8, 4) is 0 Å². The average Bonchev–Trinajstić information content (AvgIpc) is 3.24. The summed E-state index contributed by atoms with van der Waals surface area (Å²) in [6, 6.07) is 13.4. The van der Waals surface area contributed by atoms with Gasteiger partial charge in [-0.3, -0.25) is 20.4 Å². The van der Waals surface area contributed by atoms with E-state index in [-0.39, 0.29) is 18.2 Å². The molecule has 0 fully saturated rings. The van der Waals surface area contributed by atoms with Gasteiger partial charge in [0.1, 0.15) is 5.82 Å². The van der Waals surface area contributed by atoms with Crippen molar-refractivity contribution in [2.45, 2.75) is 25.7 Å². The molecule has 0 spiro atoms. The molecule has 1 heterocycles. The Bertz CT molecular complexity index is 1010. The number of amides is 2. The number of imidazole rings is 1. The summed E-state index contributed by atoms with van der Waals surface area (Å²) >= 11 is 0. The monoisotopic (exact) mass is 348 g/mol. The first-order valence-electron chi connectivity index (χ1n) is 8.73. The number of rotatable bonds is 3. The van der Waals surface area contributed by atoms with Gasteiger partial charge in [0, 0.05) is 12.6 Å². The van der Waals surface area contributed by atoms with E-state index in [9.17, 15) is 9.59 Å². The van der Waals surface area contributed by atoms with Crippen molar-refractivity contribution in [3.63, 3.8) is 0 Å². The predicted octanol–water partition coefficient (Wildman–Crippen LogP) is 2.07. The normalized spacial score (nSPS) is 12.8. The zero-order valence-corrected chi connectivity index (χ0v) is 14.6. The molecule has 0 saturated heterocycles. The van der Waals surface area contributed by atoms with Gasteiger partial charge in [0.05, 0.1) is 17.5 Å². The van der Waals surface area contributed by atoms with Gasteiger partial charge in [0.2, 0.25) is 5.91 Å². The van der Waals surface area contributed by atoms with Gasteiger partial charge >= 0.3 is 0 Å². The minimum atomic E-state index is -0.307. The number of carbonyl (C=O) groups excluding carboxylic acids is 2. The van der Waals surface area contributed by atoms with E-state index < -0.39 is 0 Å². The van der Waals surface area contributed by atoms with Gasteiger partial charge in [-0.1, -0.05) is 18.2 Å². The molecule has 6 heteroatoms. The molecule has 132 valence electrons. The second kappa shape index (κ2) is 6.63. The van der Waals surface area contributed by atoms with Crippen LogP contribution in [0, 0.1) is 0 Å². The van der Waals surface area contributed by atoms with Crippen LogP contribution in [0.2, 0.25) is 0 Å². The number of hydrogen-bond donors (Lipinski definition) is 2. The fourth-order valence-corrected chi connectivity index (χ4v) is 3.45. The van der Waals surface area contributed by atoms with Crippen LogP contribution >= 0.6 is 0 Å². The van der Waals surface area contributed by atoms with E-state index >= 15 is 0 Å². The first-order valence-corrected chi connectivity index (χ1v) is 8.73. The third kappa shape index (κ3) is 3.06. The van der Waals surface area contributed by atoms with Crippen LogP contribution in [0.4, 0.5) is 0 Å². The van der Waals surface area contributed by atoms with Crippen LogP contribution in [0.1, 0.15) is 33.7 Å². The number of aryl methyl sites for hydroxylation is 3. The molecule has 2 N–H and O–H groups in total. The number of nitrogens with zero attached hydrogens (tertiary/aromatic N) is 2. The van der Waals surface area contributed by atoms with Gasteiger partial charge in [-0.2, -0.15) is 0 Å². The highest BCUT2D eigenvalue weighted by molar-refractivity contribution is 5.95. The molecular weight excluding hydrogens is 328 g/mol. The van der Waals surface area contributed by atoms with E-state index in [1.54, 1.807) is 6.07 Å². The topological polar surface area (TPSA) is 76.0 Å². The first-order chi connectivity index (χ1) is 12.6. The molecule has 2 amide bonds. The number of hydrazine groups is 1. The molecule has 2 aromatic carbocycles. The third-order valence-corrected chi connectivity index (χ3v) is 4.87. The predicted molar refractivity (Wildman–Crippen MR) is 98.5 cm³/mol. The van der Waals surface area contributed by atoms with Crippen LogP contribution in [-0.4, -0.2) is 21.4 Å². The smallest absolute Gasteiger partial charge is 0.269 e. The van der Waals surface area contributed by atoms with Crippen LogP contribution in [0.5, 0.6) is 0 Å². The molecule has 0 saturated carbocycles. The van der Waals surface area contributed by atoms with Gasteiger partial charge < -0.3 is 4.57 Å². The van der Waals surface area contributed by atoms with Crippen LogP contribution in [0.25, 0.3) is 11.0 Å². The number of benzene rings is 2. The minimum absolute atomic E-state index is 0.0929. The Hall–Kier alpha value is -3.15. The lowest BCUT2D eigenvalue weighted by molar-refractivity contribution is -0.121. The van der Waals surface area contributed by atoms with Crippen LogP contribution in [-0.2, 0) is 31.1 Å². The summed E-state index contributed by atoms with van der Waals surface area (Å²) in [6.07, 6.45) is 3.31. The number of aromatic nitrogens is 2. The summed E-state index contributed by atoms with van der Waals surface area (Å²) in [5.41, 5.74) is 9.88. The van der Waals surface area contributed by atoms with E-state index in [0.29, 0.717) is 11.4 Å². The maximum atomic E-state index is 12.3. The summed E-state index contributed by atoms with van der Waals surface area (Å²) in [7, 11) is 1.88. The van der Waals surface area contributed by atoms with E-state index in [2.05, 4.69) is 15.8 Å². The van der Waals surface area contributed by atoms with Crippen molar-refractivity contribution in [2.75, 3.05) is 0 Å². The Morgan fingerprint density at radius 2 is 1.88 bits per heavy atom. The minimum Gasteiger partial charge on any atom is -0.331 e. The highest BCUT2D eigenvalue weighted by Crippen LogP contribution is 2.22. The SMILES string of the molecule is Cn1c(CC(=O)NNC(=O)c2ccc3c(c2)CCC3)nc2ccccc21. The van der Waals surface area contributed by atoms with Crippen molar-refractivity contribution in [2.24, 2.45) is 7.05 Å². The van der Waals surface area contributed by atoms with E-state index in [0.717, 1.165) is 30.3 Å². The van der Waals surface area contributed by atoms with Crippen LogP contribution < -0.4 is 10.9 Å². The Morgan fingerprint density at radius 3 is 2.73 bits per heavy atom. The van der Waals surface area contributed by atoms with Crippen molar-refractivity contribution >= 4 is 22.8 Å². The van der Waals surface area contributed by atoms with Gasteiger partial charge in [0.25, 0.3) is 5.91 Å². The quantitative estimate of drug-likeness (QED) is 0.712. The first kappa shape index (κ1) is 16.3. The lowest BCUT2D eigenvalue weighted by atomic mass is 10.1. The van der Waals surface area contributed by atoms with Crippen LogP contribution in [0.15, 0.2) is 42.5 Å². The van der Waals surface area contributed by atoms with Crippen LogP contribution in [0.3, 0.4) is 0 Å². The molecule has 4 rings (SSSR count). The Labute approximate surface area is 151 Å². The molecule has 0 radical (unpaired) electrons. The molecule has 1 aliphatic rings. The Morgan fingerprint density at radius 1 is 1.08 bits per heavy atom. The largest absolute Gasteiger partial charge is 0.331 e. The zero-order chi connectivity index (χ0) is 18.1. The maximum absolute atomic E-state index is 12.3. The van der Waals surface area contributed by atoms with Crippen molar-refractivity contribution in [3.05, 3.63) is 65.0 Å². The van der Waals surface area contributed by atoms with E-state index in [1.165, 1.54) is 11.1 Å². The summed E-state index contributed by atoms with van der Waals surface area (Å²) in [5.74, 6) is 0.0337. The molecule has 3 aromatic rings. The maximum Gasteiger partial charge on any atom is 0.269 e. The van der Waals surface area contributed by atoms with E-state index in [4.69, 9.17) is 0 Å². The lowest BCUT2D eigenvalue weighted by Gasteiger charge is -2.09. The summed E-state index contributed by atoms with van der Waals surface area (Å²) in [6.45, 7) is 0. The standard InChI is InChI=1S/C20H20N4O2/c1-24-17-8-3-2-7-16(17)21-18(24)12-19(25)22-23-20(26)15-10-9-13-5-4-6-14(13)11-15/h2-3,7-11H,4-6,12H2,1H3,(H,22,25)(H,23,26). The number of carbonyl (C=O) groups is 2. The van der Waals surface area contributed by atoms with Gasteiger partial charge in [0.15, 0.2) is 0 Å². The zero-order valence-electron chi connectivity index (χ0n) is 14.6. The molecule has 26 heavy (non-hydrogen) atoms. The summed E-state index contributed by atoms with van der Waals surface area (Å²) in [4.78, 5) is 28.9. The molecule has 6 nitrogen and oxygen atoms in total. The third-order valence-electron chi connectivity index (χ3n) is 4.87. The molecule has 1 aliphatic carbocycles. The fraction of sp³-hybridized carbons (Fsp3) is 0.250. The highest BCUT2D eigenvalue weighted by Gasteiger charge is 2.15. The lowest BCUT2D eigenvalue weighted by Crippen LogP contribution is -2.42. The van der Waals surface area contributed by atoms with Crippen molar-refractivity contribution < 1.29 is 9.59 Å². The molecule has 0 aliphatic heterocycles. The summed E-state index contributed by atoms with van der Waals surface area (Å²) < 4.78 is 1.89. The summed E-state index contributed by atoms with van der Waals surface area (Å²) in [5, 5.41) is 0. The Balaban J connectivity index is 1.39. The molecule has 0 unspecified atom stereocenters. The number of fused-ring (bicyclic) bond motifs is 2. The fourth-order valence-electron chi connectivity index (χ4n) is 3.45. The molecule has 0 atom stereocenters. The second-order valence-corrected chi connectivity index (χ2v) is 6.59. The Kier molecular flexibility index (Phi) is 4.16. The number of nitrogens with one attached hydrogen (secondary N) is 2. The molecular formula is C20H20N4O2. The van der Waals surface area contributed by atoms with Gasteiger partial charge in [-0.15, -0.1) is 0 Å². The van der Waals surface area contributed by atoms with Gasteiger partial charge in [-0.25, -0.2) is 4.98 Å². The van der Waals surface area contributed by atoms with Crippen molar-refractivity contribution in [1.82, 2.24) is 20.4 Å². The van der Waals surface area contributed by atoms with E-state index in [1.807, 2.05) is 48.0 Å². The number of hydrogen-bond acceptors (Lipinski definition) is 3. The second-order valence-electron chi connectivity index (χ2n) is 6.59. The van der Waals surface area contributed by atoms with Crippen molar-refractivity contribution in [1.29, 1.82) is 0 Å². The highest BCUT2D eigenvalue weighted by atomic mass is 16.2. The average molecular weight is 348 g/mol. The number of para-hydroxylation sites is 2. The molecule has 0 bridgehead atoms. The van der Waals surface area contributed by atoms with Gasteiger partial charge in [-0.05, 0) is 54.7 Å².